The van der Waals surface area contributed by atoms with E-state index in [9.17, 15) is 8.42 Å². The Labute approximate surface area is 119 Å². The zero-order valence-corrected chi connectivity index (χ0v) is 12.8. The smallest absolute Gasteiger partial charge is 0.241 e. The number of methoxy groups -OCH3 is 1. The van der Waals surface area contributed by atoms with E-state index in [1.807, 2.05) is 0 Å². The van der Waals surface area contributed by atoms with Gasteiger partial charge in [-0.25, -0.2) is 13.1 Å². The molecular formula is C12H18N2O3S2. The molecule has 0 radical (unpaired) electrons. The monoisotopic (exact) mass is 302 g/mol. The molecule has 5 nitrogen and oxygen atoms in total. The van der Waals surface area contributed by atoms with Gasteiger partial charge in [0.2, 0.25) is 10.0 Å². The molecule has 0 saturated carbocycles. The predicted octanol–water partition coefficient (Wildman–Crippen LogP) is 0.942. The Morgan fingerprint density at radius 2 is 2.16 bits per heavy atom. The summed E-state index contributed by atoms with van der Waals surface area (Å²) in [6, 6.07) is 4.47. The van der Waals surface area contributed by atoms with Gasteiger partial charge in [0.1, 0.15) is 4.99 Å². The van der Waals surface area contributed by atoms with Crippen LogP contribution in [-0.2, 0) is 14.8 Å². The largest absolute Gasteiger partial charge is 0.389 e. The highest BCUT2D eigenvalue weighted by atomic mass is 32.2. The molecule has 106 valence electrons. The Bertz CT molecular complexity index is 570. The molecule has 0 spiro atoms. The highest BCUT2D eigenvalue weighted by Gasteiger charge is 2.19. The first-order valence-corrected chi connectivity index (χ1v) is 7.59. The van der Waals surface area contributed by atoms with Gasteiger partial charge in [0.25, 0.3) is 0 Å². The van der Waals surface area contributed by atoms with Gasteiger partial charge in [-0.15, -0.1) is 0 Å². The molecule has 1 rings (SSSR count). The number of benzene rings is 1. The number of thiocarbonyl (C=S) groups is 1. The lowest BCUT2D eigenvalue weighted by atomic mass is 10.1. The predicted molar refractivity (Wildman–Crippen MR) is 78.7 cm³/mol. The second kappa shape index (κ2) is 6.42. The lowest BCUT2D eigenvalue weighted by Crippen LogP contribution is -2.35. The maximum Gasteiger partial charge on any atom is 0.241 e. The minimum atomic E-state index is -3.57. The quantitative estimate of drug-likeness (QED) is 0.764. The van der Waals surface area contributed by atoms with Gasteiger partial charge in [-0.05, 0) is 31.5 Å². The van der Waals surface area contributed by atoms with Crippen LogP contribution in [0.3, 0.4) is 0 Å². The third-order valence-corrected chi connectivity index (χ3v) is 4.51. The van der Waals surface area contributed by atoms with Gasteiger partial charge in [0.15, 0.2) is 0 Å². The Balaban J connectivity index is 3.05. The van der Waals surface area contributed by atoms with Crippen LogP contribution in [0, 0.1) is 6.92 Å². The highest BCUT2D eigenvalue weighted by Crippen LogP contribution is 2.17. The molecule has 1 aromatic rings. The van der Waals surface area contributed by atoms with E-state index in [1.54, 1.807) is 26.0 Å². The molecule has 0 amide bonds. The van der Waals surface area contributed by atoms with Crippen molar-refractivity contribution in [2.75, 3.05) is 13.7 Å². The standard InChI is InChI=1S/C12H18N2O3S2/c1-8-6-10(12(13)18)4-5-11(8)19(15,16)14-9(2)7-17-3/h4-6,9,14H,7H2,1-3H3,(H2,13,18). The van der Waals surface area contributed by atoms with Crippen LogP contribution in [0.5, 0.6) is 0 Å². The number of nitrogens with one attached hydrogen (secondary N) is 1. The molecule has 19 heavy (non-hydrogen) atoms. The van der Waals surface area contributed by atoms with Gasteiger partial charge in [-0.3, -0.25) is 0 Å². The first-order valence-electron chi connectivity index (χ1n) is 5.69. The number of hydrogen-bond donors (Lipinski definition) is 2. The Morgan fingerprint density at radius 3 is 2.63 bits per heavy atom. The number of hydrogen-bond acceptors (Lipinski definition) is 4. The topological polar surface area (TPSA) is 81.4 Å². The fourth-order valence-electron chi connectivity index (χ4n) is 1.72. The van der Waals surface area contributed by atoms with Crippen molar-refractivity contribution in [3.05, 3.63) is 29.3 Å². The van der Waals surface area contributed by atoms with Gasteiger partial charge < -0.3 is 10.5 Å². The van der Waals surface area contributed by atoms with Crippen LogP contribution < -0.4 is 10.5 Å². The molecule has 1 unspecified atom stereocenters. The van der Waals surface area contributed by atoms with E-state index in [1.165, 1.54) is 13.2 Å². The van der Waals surface area contributed by atoms with Crippen molar-refractivity contribution in [1.29, 1.82) is 0 Å². The summed E-state index contributed by atoms with van der Waals surface area (Å²) in [4.78, 5) is 0.461. The van der Waals surface area contributed by atoms with Gasteiger partial charge in [0, 0.05) is 18.7 Å². The lowest BCUT2D eigenvalue weighted by Gasteiger charge is -2.15. The number of rotatable bonds is 6. The van der Waals surface area contributed by atoms with Gasteiger partial charge in [0.05, 0.1) is 11.5 Å². The molecule has 0 fully saturated rings. The summed E-state index contributed by atoms with van der Waals surface area (Å²) >= 11 is 4.86. The summed E-state index contributed by atoms with van der Waals surface area (Å²) in [5, 5.41) is 0. The Morgan fingerprint density at radius 1 is 1.53 bits per heavy atom. The van der Waals surface area contributed by atoms with Gasteiger partial charge in [-0.2, -0.15) is 0 Å². The third-order valence-electron chi connectivity index (χ3n) is 2.52. The molecule has 7 heteroatoms. The van der Waals surface area contributed by atoms with Crippen molar-refractivity contribution in [2.45, 2.75) is 24.8 Å². The van der Waals surface area contributed by atoms with Crippen molar-refractivity contribution in [1.82, 2.24) is 4.72 Å². The molecule has 3 N–H and O–H groups in total. The number of nitrogens with two attached hydrogens (primary N) is 1. The summed E-state index contributed by atoms with van der Waals surface area (Å²) < 4.78 is 31.8. The Hall–Kier alpha value is -1.02. The van der Waals surface area contributed by atoms with Crippen molar-refractivity contribution in [2.24, 2.45) is 5.73 Å². The van der Waals surface area contributed by atoms with E-state index in [-0.39, 0.29) is 15.9 Å². The average molecular weight is 302 g/mol. The van der Waals surface area contributed by atoms with Crippen LogP contribution in [0.25, 0.3) is 0 Å². The summed E-state index contributed by atoms with van der Waals surface area (Å²) in [6.07, 6.45) is 0. The van der Waals surface area contributed by atoms with Gasteiger partial charge >= 0.3 is 0 Å². The van der Waals surface area contributed by atoms with E-state index in [2.05, 4.69) is 4.72 Å². The molecule has 0 aromatic heterocycles. The molecule has 1 atom stereocenters. The number of ether oxygens (including phenoxy) is 1. The van der Waals surface area contributed by atoms with E-state index in [0.717, 1.165) is 0 Å². The number of sulfonamides is 1. The Kier molecular flexibility index (Phi) is 5.42. The minimum absolute atomic E-state index is 0.218. The molecule has 0 saturated heterocycles. The zero-order valence-electron chi connectivity index (χ0n) is 11.1. The first kappa shape index (κ1) is 16.0. The lowest BCUT2D eigenvalue weighted by molar-refractivity contribution is 0.180. The second-order valence-corrected chi connectivity index (χ2v) is 6.44. The minimum Gasteiger partial charge on any atom is -0.389 e. The first-order chi connectivity index (χ1) is 8.77. The van der Waals surface area contributed by atoms with Gasteiger partial charge in [-0.1, -0.05) is 18.3 Å². The summed E-state index contributed by atoms with van der Waals surface area (Å²) in [5.41, 5.74) is 6.76. The third kappa shape index (κ3) is 4.24. The van der Waals surface area contributed by atoms with Crippen LogP contribution in [-0.4, -0.2) is 33.2 Å². The van der Waals surface area contributed by atoms with E-state index >= 15 is 0 Å². The second-order valence-electron chi connectivity index (χ2n) is 4.32. The summed E-state index contributed by atoms with van der Waals surface area (Å²) in [5.74, 6) is 0. The van der Waals surface area contributed by atoms with E-state index in [4.69, 9.17) is 22.7 Å². The maximum atomic E-state index is 12.2. The molecule has 0 bridgehead atoms. The molecule has 0 aliphatic carbocycles. The van der Waals surface area contributed by atoms with Crippen LogP contribution >= 0.6 is 12.2 Å². The molecule has 0 aliphatic heterocycles. The van der Waals surface area contributed by atoms with Crippen LogP contribution in [0.15, 0.2) is 23.1 Å². The fourth-order valence-corrected chi connectivity index (χ4v) is 3.30. The molecule has 0 aliphatic rings. The van der Waals surface area contributed by atoms with Crippen molar-refractivity contribution < 1.29 is 13.2 Å². The van der Waals surface area contributed by atoms with E-state index < -0.39 is 10.0 Å². The zero-order chi connectivity index (χ0) is 14.6. The SMILES string of the molecule is COCC(C)NS(=O)(=O)c1ccc(C(N)=S)cc1C. The van der Waals surface area contributed by atoms with Crippen molar-refractivity contribution >= 4 is 27.2 Å². The number of aryl methyl sites for hydroxylation is 1. The van der Waals surface area contributed by atoms with Crippen molar-refractivity contribution in [3.63, 3.8) is 0 Å². The van der Waals surface area contributed by atoms with Crippen molar-refractivity contribution in [3.8, 4) is 0 Å². The average Bonchev–Trinajstić information content (AvgIpc) is 2.27. The summed E-state index contributed by atoms with van der Waals surface area (Å²) in [7, 11) is -2.05. The molecule has 0 heterocycles. The summed E-state index contributed by atoms with van der Waals surface area (Å²) in [6.45, 7) is 3.75. The molecular weight excluding hydrogens is 284 g/mol. The van der Waals surface area contributed by atoms with Crippen LogP contribution in [0.2, 0.25) is 0 Å². The van der Waals surface area contributed by atoms with Crippen LogP contribution in [0.1, 0.15) is 18.1 Å². The van der Waals surface area contributed by atoms with E-state index in [0.29, 0.717) is 17.7 Å². The molecule has 1 aromatic carbocycles. The van der Waals surface area contributed by atoms with Crippen LogP contribution in [0.4, 0.5) is 0 Å². The normalized spacial score (nSPS) is 13.2. The highest BCUT2D eigenvalue weighted by molar-refractivity contribution is 7.89. The fraction of sp³-hybridized carbons (Fsp3) is 0.417. The maximum absolute atomic E-state index is 12.2.